The minimum atomic E-state index is -3.62. The normalized spacial score (nSPS) is 19.5. The molecule has 2 atom stereocenters. The van der Waals surface area contributed by atoms with Gasteiger partial charge in [-0.15, -0.1) is 11.6 Å². The first kappa shape index (κ1) is 21.5. The number of benzene rings is 1. The van der Waals surface area contributed by atoms with Gasteiger partial charge < -0.3 is 10.6 Å². The first-order valence-corrected chi connectivity index (χ1v) is 11.5. The van der Waals surface area contributed by atoms with E-state index in [1.54, 1.807) is 30.6 Å². The molecule has 1 fully saturated rings. The van der Waals surface area contributed by atoms with Gasteiger partial charge in [0, 0.05) is 36.5 Å². The molecule has 2 aromatic rings. The van der Waals surface area contributed by atoms with Crippen molar-refractivity contribution < 1.29 is 13.2 Å². The highest BCUT2D eigenvalue weighted by Crippen LogP contribution is 2.28. The maximum Gasteiger partial charge on any atom is 0.319 e. The Hall–Kier alpha value is -2.16. The van der Waals surface area contributed by atoms with Gasteiger partial charge in [-0.05, 0) is 54.7 Å². The summed E-state index contributed by atoms with van der Waals surface area (Å²) in [6.45, 7) is 0.687. The van der Waals surface area contributed by atoms with Crippen molar-refractivity contribution in [3.05, 3.63) is 54.4 Å². The third-order valence-corrected chi connectivity index (χ3v) is 6.96. The van der Waals surface area contributed by atoms with Crippen LogP contribution in [0.3, 0.4) is 0 Å². The van der Waals surface area contributed by atoms with Crippen LogP contribution >= 0.6 is 11.6 Å². The minimum Gasteiger partial charge on any atom is -0.334 e. The van der Waals surface area contributed by atoms with Crippen molar-refractivity contribution in [2.75, 3.05) is 11.9 Å². The van der Waals surface area contributed by atoms with Gasteiger partial charge in [0.15, 0.2) is 0 Å². The van der Waals surface area contributed by atoms with Crippen LogP contribution in [-0.2, 0) is 16.6 Å². The maximum atomic E-state index is 12.5. The molecule has 1 saturated carbocycles. The van der Waals surface area contributed by atoms with Crippen molar-refractivity contribution in [2.24, 2.45) is 5.92 Å². The number of carbonyl (C=O) groups is 1. The molecule has 1 aromatic carbocycles. The van der Waals surface area contributed by atoms with E-state index in [-0.39, 0.29) is 22.2 Å². The van der Waals surface area contributed by atoms with Crippen LogP contribution in [-0.4, -0.2) is 31.4 Å². The summed E-state index contributed by atoms with van der Waals surface area (Å²) < 4.78 is 27.7. The Bertz CT molecular complexity index is 907. The Balaban J connectivity index is 1.51. The highest BCUT2D eigenvalue weighted by molar-refractivity contribution is 7.89. The zero-order valence-electron chi connectivity index (χ0n) is 16.0. The van der Waals surface area contributed by atoms with E-state index in [1.165, 1.54) is 12.1 Å². The highest BCUT2D eigenvalue weighted by atomic mass is 35.5. The van der Waals surface area contributed by atoms with Crippen molar-refractivity contribution in [3.63, 3.8) is 0 Å². The standard InChI is InChI=1S/C20H25ClN4O3S/c21-19-6-2-1-5-16(19)14-24-29(27,28)18-9-7-17(8-10-18)25-20(26)23-13-15-4-3-11-22-12-15/h3-4,7-12,16,19,24H,1-2,5-6,13-14H2,(H2,23,25,26). The minimum absolute atomic E-state index is 0.0169. The second-order valence-electron chi connectivity index (χ2n) is 7.11. The zero-order valence-corrected chi connectivity index (χ0v) is 17.5. The lowest BCUT2D eigenvalue weighted by Crippen LogP contribution is -2.34. The summed E-state index contributed by atoms with van der Waals surface area (Å²) in [4.78, 5) is 16.1. The molecule has 156 valence electrons. The second-order valence-corrected chi connectivity index (χ2v) is 9.43. The van der Waals surface area contributed by atoms with E-state index >= 15 is 0 Å². The van der Waals surface area contributed by atoms with Crippen molar-refractivity contribution >= 4 is 33.3 Å². The molecule has 1 aromatic heterocycles. The smallest absolute Gasteiger partial charge is 0.319 e. The van der Waals surface area contributed by atoms with Gasteiger partial charge >= 0.3 is 6.03 Å². The van der Waals surface area contributed by atoms with Gasteiger partial charge in [0.2, 0.25) is 10.0 Å². The van der Waals surface area contributed by atoms with Crippen LogP contribution in [0.25, 0.3) is 0 Å². The molecular formula is C20H25ClN4O3S. The molecule has 3 rings (SSSR count). The Morgan fingerprint density at radius 1 is 1.14 bits per heavy atom. The fourth-order valence-corrected chi connectivity index (χ4v) is 4.73. The summed E-state index contributed by atoms with van der Waals surface area (Å²) in [5, 5.41) is 5.41. The topological polar surface area (TPSA) is 100 Å². The Kier molecular flexibility index (Phi) is 7.46. The number of nitrogens with one attached hydrogen (secondary N) is 3. The van der Waals surface area contributed by atoms with Gasteiger partial charge in [-0.25, -0.2) is 17.9 Å². The number of alkyl halides is 1. The van der Waals surface area contributed by atoms with Crippen LogP contribution in [0.15, 0.2) is 53.7 Å². The summed E-state index contributed by atoms with van der Waals surface area (Å²) >= 11 is 6.31. The van der Waals surface area contributed by atoms with Gasteiger partial charge in [-0.3, -0.25) is 4.98 Å². The summed E-state index contributed by atoms with van der Waals surface area (Å²) in [5.74, 6) is 0.157. The van der Waals surface area contributed by atoms with Crippen molar-refractivity contribution in [2.45, 2.75) is 42.5 Å². The molecule has 2 amide bonds. The van der Waals surface area contributed by atoms with Crippen molar-refractivity contribution in [1.29, 1.82) is 0 Å². The number of halogens is 1. The molecule has 0 bridgehead atoms. The predicted molar refractivity (Wildman–Crippen MR) is 113 cm³/mol. The lowest BCUT2D eigenvalue weighted by Gasteiger charge is -2.27. The number of amides is 2. The van der Waals surface area contributed by atoms with E-state index in [0.29, 0.717) is 18.8 Å². The fourth-order valence-electron chi connectivity index (χ4n) is 3.27. The predicted octanol–water partition coefficient (Wildman–Crippen LogP) is 3.48. The molecule has 0 spiro atoms. The second kappa shape index (κ2) is 10.0. The average Bonchev–Trinajstić information content (AvgIpc) is 2.73. The quantitative estimate of drug-likeness (QED) is 0.578. The summed E-state index contributed by atoms with van der Waals surface area (Å²) in [5.41, 5.74) is 1.38. The van der Waals surface area contributed by atoms with Crippen LogP contribution in [0.2, 0.25) is 0 Å². The molecule has 1 heterocycles. The summed E-state index contributed by atoms with van der Waals surface area (Å²) in [7, 11) is -3.62. The molecule has 7 nitrogen and oxygen atoms in total. The molecule has 1 aliphatic carbocycles. The van der Waals surface area contributed by atoms with E-state index in [9.17, 15) is 13.2 Å². The van der Waals surface area contributed by atoms with Crippen LogP contribution in [0, 0.1) is 5.92 Å². The average molecular weight is 437 g/mol. The van der Waals surface area contributed by atoms with Crippen LogP contribution in [0.5, 0.6) is 0 Å². The van der Waals surface area contributed by atoms with Gasteiger partial charge in [-0.2, -0.15) is 0 Å². The summed E-state index contributed by atoms with van der Waals surface area (Å²) in [6, 6.07) is 9.33. The Morgan fingerprint density at radius 3 is 2.59 bits per heavy atom. The van der Waals surface area contributed by atoms with E-state index in [2.05, 4.69) is 20.3 Å². The number of rotatable bonds is 7. The molecule has 0 saturated heterocycles. The maximum absolute atomic E-state index is 12.5. The van der Waals surface area contributed by atoms with Gasteiger partial charge in [-0.1, -0.05) is 18.9 Å². The lowest BCUT2D eigenvalue weighted by atomic mass is 9.89. The number of anilines is 1. The molecule has 3 N–H and O–H groups in total. The van der Waals surface area contributed by atoms with Crippen LogP contribution in [0.4, 0.5) is 10.5 Å². The monoisotopic (exact) mass is 436 g/mol. The van der Waals surface area contributed by atoms with E-state index in [4.69, 9.17) is 11.6 Å². The number of urea groups is 1. The molecule has 1 aliphatic rings. The molecular weight excluding hydrogens is 412 g/mol. The first-order valence-electron chi connectivity index (χ1n) is 9.61. The van der Waals surface area contributed by atoms with Crippen molar-refractivity contribution in [1.82, 2.24) is 15.0 Å². The molecule has 9 heteroatoms. The number of aromatic nitrogens is 1. The van der Waals surface area contributed by atoms with Crippen LogP contribution < -0.4 is 15.4 Å². The molecule has 29 heavy (non-hydrogen) atoms. The largest absolute Gasteiger partial charge is 0.334 e. The first-order chi connectivity index (χ1) is 13.9. The van der Waals surface area contributed by atoms with Crippen molar-refractivity contribution in [3.8, 4) is 0 Å². The number of hydrogen-bond donors (Lipinski definition) is 3. The number of hydrogen-bond acceptors (Lipinski definition) is 4. The zero-order chi connectivity index (χ0) is 20.7. The van der Waals surface area contributed by atoms with E-state index in [1.807, 2.05) is 6.07 Å². The molecule has 0 radical (unpaired) electrons. The lowest BCUT2D eigenvalue weighted by molar-refractivity contribution is 0.251. The summed E-state index contributed by atoms with van der Waals surface area (Å²) in [6.07, 6.45) is 7.38. The third-order valence-electron chi connectivity index (χ3n) is 4.95. The van der Waals surface area contributed by atoms with Gasteiger partial charge in [0.25, 0.3) is 0 Å². The number of pyridine rings is 1. The third kappa shape index (κ3) is 6.42. The SMILES string of the molecule is O=C(NCc1cccnc1)Nc1ccc(S(=O)(=O)NCC2CCCCC2Cl)cc1. The van der Waals surface area contributed by atoms with Gasteiger partial charge in [0.1, 0.15) is 0 Å². The van der Waals surface area contributed by atoms with Gasteiger partial charge in [0.05, 0.1) is 4.90 Å². The molecule has 0 aliphatic heterocycles. The highest BCUT2D eigenvalue weighted by Gasteiger charge is 2.25. The van der Waals surface area contributed by atoms with Crippen LogP contribution in [0.1, 0.15) is 31.2 Å². The van der Waals surface area contributed by atoms with E-state index < -0.39 is 10.0 Å². The molecule has 2 unspecified atom stereocenters. The number of sulfonamides is 1. The number of carbonyl (C=O) groups excluding carboxylic acids is 1. The number of nitrogens with zero attached hydrogens (tertiary/aromatic N) is 1. The Morgan fingerprint density at radius 2 is 1.90 bits per heavy atom. The Labute approximate surface area is 176 Å². The fraction of sp³-hybridized carbons (Fsp3) is 0.400. The van der Waals surface area contributed by atoms with E-state index in [0.717, 1.165) is 31.2 Å².